The van der Waals surface area contributed by atoms with Gasteiger partial charge in [-0.05, 0) is 42.7 Å². The van der Waals surface area contributed by atoms with Crippen molar-refractivity contribution in [3.8, 4) is 5.69 Å². The molecule has 0 aliphatic heterocycles. The van der Waals surface area contributed by atoms with E-state index in [0.717, 1.165) is 11.4 Å². The van der Waals surface area contributed by atoms with Crippen LogP contribution in [0.15, 0.2) is 36.5 Å². The largest absolute Gasteiger partial charge is 0.481 e. The van der Waals surface area contributed by atoms with E-state index in [-0.39, 0.29) is 5.91 Å². The number of amides is 1. The fourth-order valence-corrected chi connectivity index (χ4v) is 3.06. The van der Waals surface area contributed by atoms with Crippen molar-refractivity contribution in [2.24, 2.45) is 17.3 Å². The molecular weight excluding hydrogens is 294 g/mol. The van der Waals surface area contributed by atoms with E-state index in [1.165, 1.54) is 0 Å². The Balaban J connectivity index is 1.69. The number of carboxylic acids is 1. The van der Waals surface area contributed by atoms with Crippen LogP contribution in [-0.2, 0) is 9.59 Å². The lowest BCUT2D eigenvalue weighted by Gasteiger charge is -2.07. The van der Waals surface area contributed by atoms with E-state index < -0.39 is 23.2 Å². The smallest absolute Gasteiger partial charge is 0.307 e. The minimum Gasteiger partial charge on any atom is -0.481 e. The molecule has 0 saturated heterocycles. The molecule has 120 valence electrons. The Labute approximate surface area is 134 Å². The Kier molecular flexibility index (Phi) is 3.47. The molecule has 1 aromatic carbocycles. The van der Waals surface area contributed by atoms with Gasteiger partial charge >= 0.3 is 5.97 Å². The maximum Gasteiger partial charge on any atom is 0.307 e. The van der Waals surface area contributed by atoms with Crippen LogP contribution in [0.2, 0.25) is 0 Å². The van der Waals surface area contributed by atoms with Crippen molar-refractivity contribution in [1.82, 2.24) is 9.78 Å². The van der Waals surface area contributed by atoms with Crippen molar-refractivity contribution in [2.45, 2.75) is 20.8 Å². The summed E-state index contributed by atoms with van der Waals surface area (Å²) in [6.07, 6.45) is 1.87. The highest BCUT2D eigenvalue weighted by Gasteiger charge is 2.65. The number of nitrogens with zero attached hydrogens (tertiary/aromatic N) is 2. The van der Waals surface area contributed by atoms with Crippen LogP contribution in [0.25, 0.3) is 5.69 Å². The maximum atomic E-state index is 12.3. The molecule has 3 rings (SSSR count). The zero-order chi connectivity index (χ0) is 16.8. The Morgan fingerprint density at radius 2 is 1.83 bits per heavy atom. The molecule has 6 heteroatoms. The van der Waals surface area contributed by atoms with E-state index in [1.54, 1.807) is 30.7 Å². The van der Waals surface area contributed by atoms with Crippen molar-refractivity contribution in [3.63, 3.8) is 0 Å². The van der Waals surface area contributed by atoms with Gasteiger partial charge in [0, 0.05) is 11.9 Å². The van der Waals surface area contributed by atoms with Gasteiger partial charge in [0.25, 0.3) is 0 Å². The van der Waals surface area contributed by atoms with Gasteiger partial charge in [-0.15, -0.1) is 0 Å². The van der Waals surface area contributed by atoms with Crippen LogP contribution in [0.3, 0.4) is 0 Å². The van der Waals surface area contributed by atoms with Gasteiger partial charge in [-0.3, -0.25) is 9.59 Å². The Hall–Kier alpha value is -2.63. The monoisotopic (exact) mass is 313 g/mol. The highest BCUT2D eigenvalue weighted by molar-refractivity contribution is 5.99. The average Bonchev–Trinajstić information content (AvgIpc) is 2.83. The number of hydrogen-bond donors (Lipinski definition) is 2. The highest BCUT2D eigenvalue weighted by atomic mass is 16.4. The lowest BCUT2D eigenvalue weighted by Crippen LogP contribution is -2.17. The van der Waals surface area contributed by atoms with E-state index in [2.05, 4.69) is 10.4 Å². The van der Waals surface area contributed by atoms with Crippen LogP contribution in [-0.4, -0.2) is 26.8 Å². The van der Waals surface area contributed by atoms with Gasteiger partial charge in [-0.1, -0.05) is 13.8 Å². The Morgan fingerprint density at radius 1 is 1.17 bits per heavy atom. The van der Waals surface area contributed by atoms with Gasteiger partial charge < -0.3 is 10.4 Å². The molecule has 1 aromatic heterocycles. The summed E-state index contributed by atoms with van der Waals surface area (Å²) in [5, 5.41) is 16.3. The number of aromatic nitrogens is 2. The molecule has 0 bridgehead atoms. The lowest BCUT2D eigenvalue weighted by atomic mass is 10.1. The van der Waals surface area contributed by atoms with Crippen LogP contribution in [0.4, 0.5) is 5.69 Å². The Bertz CT molecular complexity index is 762. The zero-order valence-electron chi connectivity index (χ0n) is 13.3. The standard InChI is InChI=1S/C17H19N3O3/c1-10-8-9-20(19-10)12-6-4-11(5-7-12)18-15(21)13-14(16(22)23)17(13,2)3/h4-9,13-14H,1-3H3,(H,18,21)(H,22,23)/t13-,14-/m1/s1. The van der Waals surface area contributed by atoms with Crippen molar-refractivity contribution < 1.29 is 14.7 Å². The van der Waals surface area contributed by atoms with Crippen molar-refractivity contribution in [2.75, 3.05) is 5.32 Å². The first-order valence-electron chi connectivity index (χ1n) is 7.47. The molecule has 0 radical (unpaired) electrons. The molecule has 1 aliphatic carbocycles. The molecule has 1 heterocycles. The Morgan fingerprint density at radius 3 is 2.30 bits per heavy atom. The maximum absolute atomic E-state index is 12.3. The fraction of sp³-hybridized carbons (Fsp3) is 0.353. The number of carboxylic acid groups (broad SMARTS) is 1. The summed E-state index contributed by atoms with van der Waals surface area (Å²) in [5.74, 6) is -2.27. The third-order valence-corrected chi connectivity index (χ3v) is 4.50. The number of carbonyl (C=O) groups is 2. The molecule has 2 N–H and O–H groups in total. The quantitative estimate of drug-likeness (QED) is 0.908. The number of anilines is 1. The van der Waals surface area contributed by atoms with E-state index in [1.807, 2.05) is 31.3 Å². The van der Waals surface area contributed by atoms with Crippen molar-refractivity contribution in [1.29, 1.82) is 0 Å². The van der Waals surface area contributed by atoms with Crippen molar-refractivity contribution in [3.05, 3.63) is 42.2 Å². The number of nitrogens with one attached hydrogen (secondary N) is 1. The first-order chi connectivity index (χ1) is 10.8. The van der Waals surface area contributed by atoms with Gasteiger partial charge in [0.2, 0.25) is 5.91 Å². The summed E-state index contributed by atoms with van der Waals surface area (Å²) < 4.78 is 1.76. The lowest BCUT2D eigenvalue weighted by molar-refractivity contribution is -0.140. The first-order valence-corrected chi connectivity index (χ1v) is 7.47. The summed E-state index contributed by atoms with van der Waals surface area (Å²) in [4.78, 5) is 23.4. The second-order valence-electron chi connectivity index (χ2n) is 6.55. The van der Waals surface area contributed by atoms with Gasteiger partial charge in [-0.2, -0.15) is 5.10 Å². The summed E-state index contributed by atoms with van der Waals surface area (Å²) in [6.45, 7) is 5.53. The number of aliphatic carboxylic acids is 1. The molecule has 1 aliphatic rings. The van der Waals surface area contributed by atoms with Gasteiger partial charge in [0.05, 0.1) is 23.2 Å². The third-order valence-electron chi connectivity index (χ3n) is 4.50. The fourth-order valence-electron chi connectivity index (χ4n) is 3.06. The minimum atomic E-state index is -0.917. The van der Waals surface area contributed by atoms with Crippen LogP contribution in [0.5, 0.6) is 0 Å². The van der Waals surface area contributed by atoms with E-state index in [4.69, 9.17) is 5.11 Å². The third kappa shape index (κ3) is 2.72. The number of carbonyl (C=O) groups excluding carboxylic acids is 1. The summed E-state index contributed by atoms with van der Waals surface area (Å²) in [5.41, 5.74) is 1.97. The topological polar surface area (TPSA) is 84.2 Å². The van der Waals surface area contributed by atoms with Gasteiger partial charge in [-0.25, -0.2) is 4.68 Å². The molecule has 1 fully saturated rings. The molecule has 0 unspecified atom stereocenters. The molecule has 1 amide bonds. The predicted octanol–water partition coefficient (Wildman–Crippen LogP) is 2.48. The van der Waals surface area contributed by atoms with E-state index in [0.29, 0.717) is 5.69 Å². The molecular formula is C17H19N3O3. The second-order valence-corrected chi connectivity index (χ2v) is 6.55. The van der Waals surface area contributed by atoms with Crippen molar-refractivity contribution >= 4 is 17.6 Å². The molecule has 1 saturated carbocycles. The van der Waals surface area contributed by atoms with E-state index >= 15 is 0 Å². The van der Waals surface area contributed by atoms with E-state index in [9.17, 15) is 9.59 Å². The second kappa shape index (κ2) is 5.22. The molecule has 2 atom stereocenters. The molecule has 6 nitrogen and oxygen atoms in total. The molecule has 0 spiro atoms. The number of benzene rings is 1. The van der Waals surface area contributed by atoms with Gasteiger partial charge in [0.15, 0.2) is 0 Å². The van der Waals surface area contributed by atoms with Gasteiger partial charge in [0.1, 0.15) is 0 Å². The number of hydrogen-bond acceptors (Lipinski definition) is 3. The average molecular weight is 313 g/mol. The first kappa shape index (κ1) is 15.3. The molecule has 2 aromatic rings. The minimum absolute atomic E-state index is 0.245. The number of rotatable bonds is 4. The number of aryl methyl sites for hydroxylation is 1. The normalized spacial score (nSPS) is 21.7. The van der Waals surface area contributed by atoms with Crippen LogP contribution in [0.1, 0.15) is 19.5 Å². The highest BCUT2D eigenvalue weighted by Crippen LogP contribution is 2.58. The predicted molar refractivity (Wildman–Crippen MR) is 85.3 cm³/mol. The zero-order valence-corrected chi connectivity index (χ0v) is 13.3. The van der Waals surface area contributed by atoms with Crippen LogP contribution >= 0.6 is 0 Å². The van der Waals surface area contributed by atoms with Crippen LogP contribution < -0.4 is 5.32 Å². The summed E-state index contributed by atoms with van der Waals surface area (Å²) >= 11 is 0. The SMILES string of the molecule is Cc1ccn(-c2ccc(NC(=O)[C@H]3[C@H](C(=O)O)C3(C)C)cc2)n1. The summed E-state index contributed by atoms with van der Waals surface area (Å²) in [7, 11) is 0. The van der Waals surface area contributed by atoms with Crippen LogP contribution in [0, 0.1) is 24.2 Å². The molecule has 23 heavy (non-hydrogen) atoms. The summed E-state index contributed by atoms with van der Waals surface area (Å²) in [6, 6.07) is 9.20.